The van der Waals surface area contributed by atoms with Gasteiger partial charge in [0, 0.05) is 30.3 Å². The Kier molecular flexibility index (Phi) is 3.42. The Labute approximate surface area is 142 Å². The van der Waals surface area contributed by atoms with Crippen LogP contribution in [0.5, 0.6) is 11.6 Å². The minimum atomic E-state index is -0.204. The van der Waals surface area contributed by atoms with Gasteiger partial charge in [-0.15, -0.1) is 0 Å². The maximum atomic E-state index is 12.2. The van der Waals surface area contributed by atoms with Gasteiger partial charge >= 0.3 is 0 Å². The lowest BCUT2D eigenvalue weighted by Gasteiger charge is -2.08. The van der Waals surface area contributed by atoms with Crippen LogP contribution >= 0.6 is 0 Å². The number of aryl methyl sites for hydroxylation is 1. The molecule has 0 amide bonds. The van der Waals surface area contributed by atoms with Crippen LogP contribution in [0.1, 0.15) is 0 Å². The van der Waals surface area contributed by atoms with Crippen molar-refractivity contribution < 1.29 is 9.47 Å². The fourth-order valence-corrected chi connectivity index (χ4v) is 3.06. The van der Waals surface area contributed by atoms with Crippen LogP contribution in [0.25, 0.3) is 32.9 Å². The molecule has 0 unspecified atom stereocenters. The minimum absolute atomic E-state index is 0.204. The number of methoxy groups -OCH3 is 2. The topological polar surface area (TPSA) is 82.0 Å². The summed E-state index contributed by atoms with van der Waals surface area (Å²) in [6.45, 7) is 0. The maximum absolute atomic E-state index is 12.2. The molecule has 7 nitrogen and oxygen atoms in total. The number of fused-ring (bicyclic) bond motifs is 2. The van der Waals surface area contributed by atoms with Crippen molar-refractivity contribution in [2.75, 3.05) is 14.2 Å². The molecule has 25 heavy (non-hydrogen) atoms. The molecule has 0 atom stereocenters. The number of hydrogen-bond donors (Lipinski definition) is 1. The summed E-state index contributed by atoms with van der Waals surface area (Å²) in [5, 5.41) is 1.46. The van der Waals surface area contributed by atoms with Crippen molar-refractivity contribution in [3.05, 3.63) is 47.3 Å². The second-order valence-electron chi connectivity index (χ2n) is 5.70. The summed E-state index contributed by atoms with van der Waals surface area (Å²) >= 11 is 0. The van der Waals surface area contributed by atoms with E-state index in [1.165, 1.54) is 6.33 Å². The summed E-state index contributed by atoms with van der Waals surface area (Å²) in [5.74, 6) is 1.09. The molecule has 3 aromatic heterocycles. The third kappa shape index (κ3) is 2.32. The van der Waals surface area contributed by atoms with Gasteiger partial charge < -0.3 is 19.0 Å². The van der Waals surface area contributed by atoms with Gasteiger partial charge in [0.05, 0.1) is 37.6 Å². The molecule has 0 saturated heterocycles. The molecular formula is C18H16N4O3. The zero-order valence-corrected chi connectivity index (χ0v) is 14.0. The Balaban J connectivity index is 2.06. The van der Waals surface area contributed by atoms with E-state index in [-0.39, 0.29) is 5.56 Å². The molecule has 0 fully saturated rings. The van der Waals surface area contributed by atoms with Crippen molar-refractivity contribution in [2.24, 2.45) is 7.05 Å². The highest BCUT2D eigenvalue weighted by Crippen LogP contribution is 2.35. The maximum Gasteiger partial charge on any atom is 0.258 e. The standard InChI is InChI=1S/C18H16N4O3/c1-22-8-13(11-6-16(25-3)19-7-14(11)22)10-4-12-17(15(5-10)24-2)20-9-21-18(12)23/h4-9H,1-3H3,(H,20,21,23). The van der Waals surface area contributed by atoms with Gasteiger partial charge in [0.15, 0.2) is 0 Å². The van der Waals surface area contributed by atoms with Crippen LogP contribution in [-0.4, -0.2) is 33.7 Å². The predicted molar refractivity (Wildman–Crippen MR) is 95.2 cm³/mol. The first-order valence-electron chi connectivity index (χ1n) is 7.67. The lowest BCUT2D eigenvalue weighted by molar-refractivity contribution is 0.398. The Bertz CT molecular complexity index is 1160. The average Bonchev–Trinajstić information content (AvgIpc) is 2.97. The van der Waals surface area contributed by atoms with Crippen LogP contribution < -0.4 is 15.0 Å². The van der Waals surface area contributed by atoms with Gasteiger partial charge in [-0.2, -0.15) is 0 Å². The van der Waals surface area contributed by atoms with Crippen molar-refractivity contribution in [1.82, 2.24) is 19.5 Å². The number of pyridine rings is 1. The zero-order chi connectivity index (χ0) is 17.6. The van der Waals surface area contributed by atoms with Crippen LogP contribution in [0.4, 0.5) is 0 Å². The Morgan fingerprint density at radius 3 is 2.68 bits per heavy atom. The molecule has 0 saturated carbocycles. The van der Waals surface area contributed by atoms with E-state index in [1.807, 2.05) is 36.0 Å². The molecule has 4 aromatic rings. The van der Waals surface area contributed by atoms with Crippen LogP contribution in [-0.2, 0) is 7.05 Å². The largest absolute Gasteiger partial charge is 0.494 e. The lowest BCUT2D eigenvalue weighted by atomic mass is 10.0. The van der Waals surface area contributed by atoms with Crippen molar-refractivity contribution in [2.45, 2.75) is 0 Å². The summed E-state index contributed by atoms with van der Waals surface area (Å²) in [5.41, 5.74) is 3.12. The first-order chi connectivity index (χ1) is 12.1. The summed E-state index contributed by atoms with van der Waals surface area (Å²) in [6, 6.07) is 5.59. The summed E-state index contributed by atoms with van der Waals surface area (Å²) < 4.78 is 12.7. The zero-order valence-electron chi connectivity index (χ0n) is 14.0. The van der Waals surface area contributed by atoms with E-state index in [9.17, 15) is 4.79 Å². The van der Waals surface area contributed by atoms with Crippen molar-refractivity contribution in [3.8, 4) is 22.8 Å². The number of H-pyrrole nitrogens is 1. The summed E-state index contributed by atoms with van der Waals surface area (Å²) in [7, 11) is 5.10. The van der Waals surface area contributed by atoms with E-state index < -0.39 is 0 Å². The van der Waals surface area contributed by atoms with Crippen LogP contribution in [0.3, 0.4) is 0 Å². The van der Waals surface area contributed by atoms with Crippen LogP contribution in [0.2, 0.25) is 0 Å². The van der Waals surface area contributed by atoms with Crippen LogP contribution in [0.15, 0.2) is 41.7 Å². The molecule has 0 aliphatic rings. The first kappa shape index (κ1) is 15.2. The van der Waals surface area contributed by atoms with Crippen molar-refractivity contribution >= 4 is 21.8 Å². The Morgan fingerprint density at radius 1 is 1.08 bits per heavy atom. The monoisotopic (exact) mass is 336 g/mol. The molecular weight excluding hydrogens is 320 g/mol. The number of nitrogens with zero attached hydrogens (tertiary/aromatic N) is 3. The highest BCUT2D eigenvalue weighted by atomic mass is 16.5. The Morgan fingerprint density at radius 2 is 1.92 bits per heavy atom. The molecule has 4 rings (SSSR count). The number of ether oxygens (including phenoxy) is 2. The number of aromatic amines is 1. The molecule has 0 aliphatic carbocycles. The highest BCUT2D eigenvalue weighted by molar-refractivity contribution is 5.99. The van der Waals surface area contributed by atoms with Crippen molar-refractivity contribution in [3.63, 3.8) is 0 Å². The van der Waals surface area contributed by atoms with Gasteiger partial charge in [-0.3, -0.25) is 4.79 Å². The molecule has 126 valence electrons. The number of nitrogens with one attached hydrogen (secondary N) is 1. The van der Waals surface area contributed by atoms with Gasteiger partial charge in [-0.25, -0.2) is 9.97 Å². The second-order valence-corrected chi connectivity index (χ2v) is 5.70. The SMILES string of the molecule is COc1cc2c(-c3cc(OC)c4nc[nH]c(=O)c4c3)cn(C)c2cn1. The molecule has 0 radical (unpaired) electrons. The predicted octanol–water partition coefficient (Wildman–Crippen LogP) is 2.49. The average molecular weight is 336 g/mol. The van der Waals surface area contributed by atoms with E-state index >= 15 is 0 Å². The number of benzene rings is 1. The molecule has 7 heteroatoms. The molecule has 0 spiro atoms. The second kappa shape index (κ2) is 5.62. The van der Waals surface area contributed by atoms with Gasteiger partial charge in [-0.1, -0.05) is 0 Å². The Hall–Kier alpha value is -3.35. The lowest BCUT2D eigenvalue weighted by Crippen LogP contribution is -2.07. The molecule has 0 bridgehead atoms. The third-order valence-electron chi connectivity index (χ3n) is 4.30. The number of hydrogen-bond acceptors (Lipinski definition) is 5. The van der Waals surface area contributed by atoms with E-state index in [0.29, 0.717) is 22.5 Å². The first-order valence-corrected chi connectivity index (χ1v) is 7.67. The minimum Gasteiger partial charge on any atom is -0.494 e. The van der Waals surface area contributed by atoms with Gasteiger partial charge in [0.25, 0.3) is 5.56 Å². The highest BCUT2D eigenvalue weighted by Gasteiger charge is 2.15. The quantitative estimate of drug-likeness (QED) is 0.621. The van der Waals surface area contributed by atoms with Gasteiger partial charge in [-0.05, 0) is 17.7 Å². The molecule has 0 aliphatic heterocycles. The van der Waals surface area contributed by atoms with E-state index in [1.54, 1.807) is 20.4 Å². The number of rotatable bonds is 3. The summed E-state index contributed by atoms with van der Waals surface area (Å²) in [6.07, 6.45) is 5.14. The van der Waals surface area contributed by atoms with Crippen molar-refractivity contribution in [1.29, 1.82) is 0 Å². The third-order valence-corrected chi connectivity index (χ3v) is 4.30. The summed E-state index contributed by atoms with van der Waals surface area (Å²) in [4.78, 5) is 23.3. The van der Waals surface area contributed by atoms with E-state index in [0.717, 1.165) is 22.0 Å². The van der Waals surface area contributed by atoms with Gasteiger partial charge in [0.2, 0.25) is 5.88 Å². The molecule has 1 N–H and O–H groups in total. The smallest absolute Gasteiger partial charge is 0.258 e. The molecule has 3 heterocycles. The number of aromatic nitrogens is 4. The normalized spacial score (nSPS) is 11.2. The van der Waals surface area contributed by atoms with Crippen LogP contribution in [0, 0.1) is 0 Å². The van der Waals surface area contributed by atoms with Gasteiger partial charge in [0.1, 0.15) is 11.3 Å². The fraction of sp³-hybridized carbons (Fsp3) is 0.167. The molecule has 1 aromatic carbocycles. The van der Waals surface area contributed by atoms with E-state index in [2.05, 4.69) is 15.0 Å². The fourth-order valence-electron chi connectivity index (χ4n) is 3.06. The van der Waals surface area contributed by atoms with E-state index in [4.69, 9.17) is 9.47 Å².